The maximum absolute atomic E-state index is 12.6. The third-order valence-electron chi connectivity index (χ3n) is 5.58. The molecule has 1 aliphatic rings. The van der Waals surface area contributed by atoms with Crippen molar-refractivity contribution < 1.29 is 14.3 Å². The van der Waals surface area contributed by atoms with Gasteiger partial charge in [-0.1, -0.05) is 18.2 Å². The van der Waals surface area contributed by atoms with Crippen molar-refractivity contribution in [1.29, 1.82) is 0 Å². The topological polar surface area (TPSA) is 109 Å². The minimum atomic E-state index is -0.242. The van der Waals surface area contributed by atoms with Crippen LogP contribution in [0, 0.1) is 6.92 Å². The number of hydrogen-bond acceptors (Lipinski definition) is 6. The van der Waals surface area contributed by atoms with Crippen molar-refractivity contribution in [2.75, 3.05) is 56.2 Å². The van der Waals surface area contributed by atoms with Crippen LogP contribution in [0.4, 0.5) is 17.1 Å². The van der Waals surface area contributed by atoms with Gasteiger partial charge in [0.2, 0.25) is 5.91 Å². The van der Waals surface area contributed by atoms with Crippen LogP contribution in [0.15, 0.2) is 36.4 Å². The number of nitrogen functional groups attached to an aromatic ring is 1. The molecule has 1 aliphatic heterocycles. The van der Waals surface area contributed by atoms with E-state index < -0.39 is 0 Å². The van der Waals surface area contributed by atoms with Gasteiger partial charge in [-0.25, -0.2) is 0 Å². The summed E-state index contributed by atoms with van der Waals surface area (Å²) < 4.78 is 5.43. The van der Waals surface area contributed by atoms with Gasteiger partial charge in [0.1, 0.15) is 5.75 Å². The Hall–Kier alpha value is -3.42. The van der Waals surface area contributed by atoms with Crippen LogP contribution in [0.1, 0.15) is 35.2 Å². The molecule has 1 saturated heterocycles. The molecule has 0 radical (unpaired) electrons. The first-order chi connectivity index (χ1) is 15.5. The number of hydrogen-bond donors (Lipinski definition) is 4. The Bertz CT molecular complexity index is 947. The molecule has 2 aromatic rings. The highest BCUT2D eigenvalue weighted by atomic mass is 16.5. The van der Waals surface area contributed by atoms with E-state index in [0.29, 0.717) is 56.0 Å². The summed E-state index contributed by atoms with van der Waals surface area (Å²) in [5, 5.41) is 9.58. The van der Waals surface area contributed by atoms with E-state index in [9.17, 15) is 9.59 Å². The van der Waals surface area contributed by atoms with Crippen molar-refractivity contribution in [2.24, 2.45) is 0 Å². The van der Waals surface area contributed by atoms with Gasteiger partial charge in [-0.3, -0.25) is 9.59 Å². The number of carbonyl (C=O) groups is 2. The lowest BCUT2D eigenvalue weighted by atomic mass is 10.1. The molecule has 0 bridgehead atoms. The highest BCUT2D eigenvalue weighted by molar-refractivity contribution is 5.99. The Morgan fingerprint density at radius 1 is 1.12 bits per heavy atom. The maximum Gasteiger partial charge on any atom is 0.255 e. The first kappa shape index (κ1) is 23.2. The molecule has 0 atom stereocenters. The lowest BCUT2D eigenvalue weighted by Crippen LogP contribution is -2.30. The summed E-state index contributed by atoms with van der Waals surface area (Å²) in [4.78, 5) is 26.1. The molecular weight excluding hydrogens is 406 g/mol. The van der Waals surface area contributed by atoms with E-state index in [-0.39, 0.29) is 11.8 Å². The molecular formula is C24H33N5O3. The largest absolute Gasteiger partial charge is 0.496 e. The third kappa shape index (κ3) is 6.06. The van der Waals surface area contributed by atoms with Crippen molar-refractivity contribution in [3.05, 3.63) is 47.5 Å². The van der Waals surface area contributed by atoms with Crippen molar-refractivity contribution >= 4 is 28.9 Å². The maximum atomic E-state index is 12.6. The average Bonchev–Trinajstić information content (AvgIpc) is 3.20. The second kappa shape index (κ2) is 11.3. The quantitative estimate of drug-likeness (QED) is 0.317. The normalized spacial score (nSPS) is 13.2. The summed E-state index contributed by atoms with van der Waals surface area (Å²) in [6, 6.07) is 11.5. The number of rotatable bonds is 11. The number of likely N-dealkylation sites (tertiary alicyclic amines) is 1. The van der Waals surface area contributed by atoms with E-state index in [2.05, 4.69) is 28.9 Å². The van der Waals surface area contributed by atoms with Crippen LogP contribution in [-0.4, -0.2) is 56.5 Å². The Balaban J connectivity index is 1.50. The van der Waals surface area contributed by atoms with Gasteiger partial charge in [-0.15, -0.1) is 0 Å². The first-order valence-corrected chi connectivity index (χ1v) is 11.1. The van der Waals surface area contributed by atoms with Crippen LogP contribution in [0.25, 0.3) is 0 Å². The first-order valence-electron chi connectivity index (χ1n) is 11.1. The zero-order valence-electron chi connectivity index (χ0n) is 18.9. The van der Waals surface area contributed by atoms with E-state index in [0.717, 1.165) is 24.3 Å². The van der Waals surface area contributed by atoms with Crippen molar-refractivity contribution in [3.8, 4) is 5.75 Å². The highest BCUT2D eigenvalue weighted by Gasteiger charge is 2.19. The van der Waals surface area contributed by atoms with Gasteiger partial charge in [0.05, 0.1) is 24.0 Å². The number of ether oxygens (including phenoxy) is 1. The number of benzene rings is 2. The van der Waals surface area contributed by atoms with Crippen LogP contribution in [0.5, 0.6) is 5.75 Å². The molecule has 5 N–H and O–H groups in total. The van der Waals surface area contributed by atoms with Crippen LogP contribution in [0.2, 0.25) is 0 Å². The number of aryl methyl sites for hydroxylation is 1. The Labute approximate surface area is 189 Å². The fraction of sp³-hybridized carbons (Fsp3) is 0.417. The number of amides is 2. The van der Waals surface area contributed by atoms with Gasteiger partial charge < -0.3 is 31.3 Å². The highest BCUT2D eigenvalue weighted by Crippen LogP contribution is 2.29. The summed E-state index contributed by atoms with van der Waals surface area (Å²) in [5.41, 5.74) is 10.1. The van der Waals surface area contributed by atoms with Crippen LogP contribution < -0.4 is 26.4 Å². The SMILES string of the molecule is COc1cc(NCCNc2ccccc2C)c(N)cc1C(=O)NCCCN1CCCC1=O. The molecule has 0 unspecified atom stereocenters. The van der Waals surface area contributed by atoms with E-state index in [1.807, 2.05) is 23.1 Å². The molecule has 8 heteroatoms. The van der Waals surface area contributed by atoms with E-state index in [1.165, 1.54) is 12.7 Å². The molecule has 0 aliphatic carbocycles. The number of anilines is 3. The predicted molar refractivity (Wildman–Crippen MR) is 128 cm³/mol. The van der Waals surface area contributed by atoms with E-state index >= 15 is 0 Å². The van der Waals surface area contributed by atoms with Crippen LogP contribution in [0.3, 0.4) is 0 Å². The number of para-hydroxylation sites is 1. The number of carbonyl (C=O) groups excluding carboxylic acids is 2. The van der Waals surface area contributed by atoms with Gasteiger partial charge in [0.25, 0.3) is 5.91 Å². The Kier molecular flexibility index (Phi) is 8.19. The number of nitrogens with zero attached hydrogens (tertiary/aromatic N) is 1. The zero-order valence-corrected chi connectivity index (χ0v) is 18.9. The lowest BCUT2D eigenvalue weighted by Gasteiger charge is -2.17. The Morgan fingerprint density at radius 3 is 2.56 bits per heavy atom. The van der Waals surface area contributed by atoms with Gasteiger partial charge in [0, 0.05) is 50.9 Å². The molecule has 0 aromatic heterocycles. The summed E-state index contributed by atoms with van der Waals surface area (Å²) >= 11 is 0. The predicted octanol–water partition coefficient (Wildman–Crippen LogP) is 2.85. The Morgan fingerprint density at radius 2 is 1.88 bits per heavy atom. The van der Waals surface area contributed by atoms with Gasteiger partial charge in [0.15, 0.2) is 0 Å². The molecule has 1 heterocycles. The molecule has 2 aromatic carbocycles. The summed E-state index contributed by atoms with van der Waals surface area (Å²) in [6.07, 6.45) is 2.26. The summed E-state index contributed by atoms with van der Waals surface area (Å²) in [6.45, 7) is 5.39. The monoisotopic (exact) mass is 439 g/mol. The average molecular weight is 440 g/mol. The molecule has 1 fully saturated rings. The molecule has 172 valence electrons. The van der Waals surface area contributed by atoms with Crippen LogP contribution in [-0.2, 0) is 4.79 Å². The van der Waals surface area contributed by atoms with Gasteiger partial charge in [-0.2, -0.15) is 0 Å². The van der Waals surface area contributed by atoms with Crippen LogP contribution >= 0.6 is 0 Å². The number of methoxy groups -OCH3 is 1. The third-order valence-corrected chi connectivity index (χ3v) is 5.58. The van der Waals surface area contributed by atoms with E-state index in [1.54, 1.807) is 12.1 Å². The standard InChI is InChI=1S/C24H33N5O3/c1-17-7-3-4-8-20(17)26-11-12-27-21-16-22(32-2)18(15-19(21)25)24(31)28-10-6-14-29-13-5-9-23(29)30/h3-4,7-8,15-16,26-27H,5-6,9-14,25H2,1-2H3,(H,28,31). The lowest BCUT2D eigenvalue weighted by molar-refractivity contribution is -0.127. The van der Waals surface area contributed by atoms with Crippen molar-refractivity contribution in [3.63, 3.8) is 0 Å². The molecule has 0 spiro atoms. The van der Waals surface area contributed by atoms with E-state index in [4.69, 9.17) is 10.5 Å². The van der Waals surface area contributed by atoms with Gasteiger partial charge >= 0.3 is 0 Å². The second-order valence-electron chi connectivity index (χ2n) is 7.90. The van der Waals surface area contributed by atoms with Crippen molar-refractivity contribution in [1.82, 2.24) is 10.2 Å². The summed E-state index contributed by atoms with van der Waals surface area (Å²) in [7, 11) is 1.53. The van der Waals surface area contributed by atoms with Gasteiger partial charge in [-0.05, 0) is 37.5 Å². The minimum Gasteiger partial charge on any atom is -0.496 e. The molecule has 3 rings (SSSR count). The number of nitrogens with two attached hydrogens (primary N) is 1. The molecule has 8 nitrogen and oxygen atoms in total. The second-order valence-corrected chi connectivity index (χ2v) is 7.90. The molecule has 2 amide bonds. The number of nitrogens with one attached hydrogen (secondary N) is 3. The molecule has 0 saturated carbocycles. The minimum absolute atomic E-state index is 0.197. The zero-order chi connectivity index (χ0) is 22.9. The molecule has 32 heavy (non-hydrogen) atoms. The fourth-order valence-electron chi connectivity index (χ4n) is 3.77. The summed E-state index contributed by atoms with van der Waals surface area (Å²) in [5.74, 6) is 0.415. The van der Waals surface area contributed by atoms with Crippen molar-refractivity contribution in [2.45, 2.75) is 26.2 Å². The fourth-order valence-corrected chi connectivity index (χ4v) is 3.77. The smallest absolute Gasteiger partial charge is 0.255 e.